The van der Waals surface area contributed by atoms with Crippen LogP contribution in [0.4, 0.5) is 0 Å². The fraction of sp³-hybridized carbons (Fsp3) is 0.292. The van der Waals surface area contributed by atoms with Crippen LogP contribution in [0.15, 0.2) is 57.9 Å². The molecular weight excluding hydrogens is 480 g/mol. The number of carboxylic acid groups (broad SMARTS) is 1. The minimum atomic E-state index is -1.75. The van der Waals surface area contributed by atoms with E-state index in [1.54, 1.807) is 12.1 Å². The lowest BCUT2D eigenvalue weighted by Gasteiger charge is -2.39. The molecule has 0 radical (unpaired) electrons. The lowest BCUT2D eigenvalue weighted by molar-refractivity contribution is -0.278. The van der Waals surface area contributed by atoms with Crippen LogP contribution in [0.2, 0.25) is 0 Å². The summed E-state index contributed by atoms with van der Waals surface area (Å²) in [6.45, 7) is -0.614. The first-order valence-corrected chi connectivity index (χ1v) is 10.7. The van der Waals surface area contributed by atoms with Gasteiger partial charge in [-0.3, -0.25) is 14.4 Å². The van der Waals surface area contributed by atoms with E-state index in [4.69, 9.17) is 23.7 Å². The summed E-state index contributed by atoms with van der Waals surface area (Å²) in [5, 5.41) is 49.0. The lowest BCUT2D eigenvalue weighted by Crippen LogP contribution is -2.60. The van der Waals surface area contributed by atoms with Gasteiger partial charge in [-0.25, -0.2) is 0 Å². The second kappa shape index (κ2) is 10.3. The summed E-state index contributed by atoms with van der Waals surface area (Å²) in [7, 11) is 0. The first-order chi connectivity index (χ1) is 17.2. The average molecular weight is 502 g/mol. The van der Waals surface area contributed by atoms with Crippen molar-refractivity contribution in [1.29, 1.82) is 0 Å². The second-order valence-electron chi connectivity index (χ2n) is 8.04. The van der Waals surface area contributed by atoms with Gasteiger partial charge in [0.25, 0.3) is 0 Å². The van der Waals surface area contributed by atoms with Crippen LogP contribution in [0, 0.1) is 0 Å². The molecule has 2 aromatic carbocycles. The maximum Gasteiger partial charge on any atom is 0.317 e. The Morgan fingerprint density at radius 1 is 0.972 bits per heavy atom. The number of carbonyl (C=O) groups is 2. The number of hydrogen-bond donors (Lipinski definition) is 5. The van der Waals surface area contributed by atoms with Crippen molar-refractivity contribution < 1.29 is 53.7 Å². The van der Waals surface area contributed by atoms with Crippen LogP contribution in [-0.4, -0.2) is 74.8 Å². The number of phenolic OH excluding ortho intramolecular Hbond substituents is 1. The molecule has 2 heterocycles. The van der Waals surface area contributed by atoms with E-state index in [-0.39, 0.29) is 28.0 Å². The Hall–Kier alpha value is -3.97. The normalized spacial score (nSPS) is 23.8. The van der Waals surface area contributed by atoms with Crippen LogP contribution in [0.1, 0.15) is 6.42 Å². The molecule has 1 saturated heterocycles. The molecule has 0 amide bonds. The van der Waals surface area contributed by atoms with E-state index in [2.05, 4.69) is 0 Å². The molecule has 12 nitrogen and oxygen atoms in total. The van der Waals surface area contributed by atoms with Gasteiger partial charge in [-0.2, -0.15) is 0 Å². The number of hydrogen-bond acceptors (Lipinski definition) is 11. The summed E-state index contributed by atoms with van der Waals surface area (Å²) in [6.07, 6.45) is -7.77. The van der Waals surface area contributed by atoms with Crippen LogP contribution < -0.4 is 10.2 Å². The number of phenols is 1. The molecule has 1 fully saturated rings. The molecule has 1 aromatic heterocycles. The van der Waals surface area contributed by atoms with Crippen molar-refractivity contribution in [2.24, 2.45) is 0 Å². The predicted molar refractivity (Wildman–Crippen MR) is 120 cm³/mol. The van der Waals surface area contributed by atoms with Crippen molar-refractivity contribution in [3.8, 4) is 22.6 Å². The van der Waals surface area contributed by atoms with Crippen molar-refractivity contribution in [3.05, 3.63) is 59.0 Å². The molecule has 0 saturated carbocycles. The van der Waals surface area contributed by atoms with Crippen LogP contribution in [0.25, 0.3) is 22.1 Å². The Morgan fingerprint density at radius 2 is 1.69 bits per heavy atom. The Labute approximate surface area is 202 Å². The molecule has 5 atom stereocenters. The molecule has 1 aliphatic rings. The SMILES string of the molecule is O=C(O)CC(=O)OC[C@H]1O[C@@H](Oc2cccc3c(=O)c(-c4ccc(O)cc4)coc23)[C@H](O)[C@@H](O)[C@@H]1O. The van der Waals surface area contributed by atoms with Gasteiger partial charge in [0, 0.05) is 0 Å². The predicted octanol–water partition coefficient (Wildman–Crippen LogP) is 0.370. The van der Waals surface area contributed by atoms with Gasteiger partial charge in [0.15, 0.2) is 11.3 Å². The number of para-hydroxylation sites is 1. The number of esters is 1. The highest BCUT2D eigenvalue weighted by Gasteiger charge is 2.45. The summed E-state index contributed by atoms with van der Waals surface area (Å²) < 4.78 is 21.6. The maximum atomic E-state index is 13.1. The Morgan fingerprint density at radius 3 is 2.39 bits per heavy atom. The lowest BCUT2D eigenvalue weighted by atomic mass is 9.99. The van der Waals surface area contributed by atoms with Gasteiger partial charge in [0.2, 0.25) is 11.7 Å². The van der Waals surface area contributed by atoms with Crippen molar-refractivity contribution in [2.45, 2.75) is 37.1 Å². The Bertz CT molecular complexity index is 1310. The minimum absolute atomic E-state index is 0.0175. The van der Waals surface area contributed by atoms with Crippen molar-refractivity contribution >= 4 is 22.9 Å². The molecule has 1 aliphatic heterocycles. The van der Waals surface area contributed by atoms with Gasteiger partial charge in [-0.05, 0) is 29.8 Å². The highest BCUT2D eigenvalue weighted by atomic mass is 16.7. The molecule has 5 N–H and O–H groups in total. The van der Waals surface area contributed by atoms with E-state index in [1.165, 1.54) is 36.6 Å². The molecule has 0 spiro atoms. The third kappa shape index (κ3) is 5.16. The van der Waals surface area contributed by atoms with Gasteiger partial charge >= 0.3 is 11.9 Å². The summed E-state index contributed by atoms with van der Waals surface area (Å²) >= 11 is 0. The number of rotatable bonds is 7. The van der Waals surface area contributed by atoms with E-state index >= 15 is 0 Å². The zero-order valence-electron chi connectivity index (χ0n) is 18.5. The molecule has 190 valence electrons. The first-order valence-electron chi connectivity index (χ1n) is 10.7. The van der Waals surface area contributed by atoms with Gasteiger partial charge < -0.3 is 44.2 Å². The summed E-state index contributed by atoms with van der Waals surface area (Å²) in [4.78, 5) is 35.2. The number of aliphatic hydroxyl groups is 3. The van der Waals surface area contributed by atoms with E-state index in [9.17, 15) is 34.8 Å². The molecule has 0 bridgehead atoms. The number of carbonyl (C=O) groups excluding carboxylic acids is 1. The average Bonchev–Trinajstić information content (AvgIpc) is 2.84. The molecular formula is C24H22O12. The number of aliphatic carboxylic acids is 1. The zero-order valence-corrected chi connectivity index (χ0v) is 18.5. The van der Waals surface area contributed by atoms with Crippen LogP contribution in [0.3, 0.4) is 0 Å². The summed E-state index contributed by atoms with van der Waals surface area (Å²) in [5.74, 6) is -2.48. The van der Waals surface area contributed by atoms with Gasteiger partial charge in [0.05, 0.1) is 10.9 Å². The molecule has 3 aromatic rings. The van der Waals surface area contributed by atoms with Crippen molar-refractivity contribution in [3.63, 3.8) is 0 Å². The van der Waals surface area contributed by atoms with Crippen LogP contribution in [-0.2, 0) is 19.1 Å². The second-order valence-corrected chi connectivity index (χ2v) is 8.04. The molecule has 4 rings (SSSR count). The third-order valence-electron chi connectivity index (χ3n) is 5.56. The van der Waals surface area contributed by atoms with Gasteiger partial charge in [-0.1, -0.05) is 18.2 Å². The Balaban J connectivity index is 1.57. The quantitative estimate of drug-likeness (QED) is 0.220. The minimum Gasteiger partial charge on any atom is -0.508 e. The highest BCUT2D eigenvalue weighted by Crippen LogP contribution is 2.31. The first kappa shape index (κ1) is 25.1. The number of benzene rings is 2. The fourth-order valence-corrected chi connectivity index (χ4v) is 3.69. The van der Waals surface area contributed by atoms with Gasteiger partial charge in [-0.15, -0.1) is 0 Å². The highest BCUT2D eigenvalue weighted by molar-refractivity contribution is 5.90. The van der Waals surface area contributed by atoms with E-state index < -0.39 is 61.1 Å². The Kier molecular flexibility index (Phi) is 7.22. The van der Waals surface area contributed by atoms with E-state index in [0.29, 0.717) is 5.56 Å². The molecule has 36 heavy (non-hydrogen) atoms. The van der Waals surface area contributed by atoms with Crippen molar-refractivity contribution in [1.82, 2.24) is 0 Å². The van der Waals surface area contributed by atoms with E-state index in [0.717, 1.165) is 0 Å². The number of ether oxygens (including phenoxy) is 3. The number of carboxylic acids is 1. The fourth-order valence-electron chi connectivity index (χ4n) is 3.69. The topological polar surface area (TPSA) is 193 Å². The standard InChI is InChI=1S/C24H22O12/c25-12-6-4-11(5-7-12)14-9-34-23-13(19(14)29)2-1-3-15(23)35-24-22(32)21(31)20(30)16(36-24)10-33-18(28)8-17(26)27/h1-7,9,16,20-22,24-25,30-32H,8,10H2,(H,26,27)/t16-,20-,21+,22-,24-/m1/s1. The third-order valence-corrected chi connectivity index (χ3v) is 5.56. The molecule has 0 aliphatic carbocycles. The number of aromatic hydroxyl groups is 1. The van der Waals surface area contributed by atoms with Crippen LogP contribution >= 0.6 is 0 Å². The summed E-state index contributed by atoms with van der Waals surface area (Å²) in [6, 6.07) is 10.4. The molecule has 12 heteroatoms. The number of aliphatic hydroxyl groups excluding tert-OH is 3. The monoisotopic (exact) mass is 502 g/mol. The van der Waals surface area contributed by atoms with Gasteiger partial charge in [0.1, 0.15) is 49.5 Å². The maximum absolute atomic E-state index is 13.1. The van der Waals surface area contributed by atoms with E-state index in [1.807, 2.05) is 0 Å². The van der Waals surface area contributed by atoms with Crippen LogP contribution in [0.5, 0.6) is 11.5 Å². The summed E-state index contributed by atoms with van der Waals surface area (Å²) in [5.41, 5.74) is 0.371. The largest absolute Gasteiger partial charge is 0.508 e. The number of fused-ring (bicyclic) bond motifs is 1. The van der Waals surface area contributed by atoms with Crippen molar-refractivity contribution in [2.75, 3.05) is 6.61 Å². The smallest absolute Gasteiger partial charge is 0.317 e. The zero-order chi connectivity index (χ0) is 26.0. The molecule has 0 unspecified atom stereocenters.